The van der Waals surface area contributed by atoms with E-state index in [1.165, 1.54) is 0 Å². The van der Waals surface area contributed by atoms with E-state index in [0.29, 0.717) is 26.2 Å². The summed E-state index contributed by atoms with van der Waals surface area (Å²) in [5, 5.41) is 1.04. The Kier molecular flexibility index (Phi) is 5.49. The van der Waals surface area contributed by atoms with Crippen molar-refractivity contribution in [1.82, 2.24) is 9.80 Å². The van der Waals surface area contributed by atoms with Crippen LogP contribution in [0.2, 0.25) is 0 Å². The van der Waals surface area contributed by atoms with Crippen molar-refractivity contribution in [3.63, 3.8) is 0 Å². The van der Waals surface area contributed by atoms with Gasteiger partial charge in [-0.2, -0.15) is 0 Å². The Bertz CT molecular complexity index is 963. The summed E-state index contributed by atoms with van der Waals surface area (Å²) in [5.41, 5.74) is 4.60. The summed E-state index contributed by atoms with van der Waals surface area (Å²) in [5.74, 6) is 1.63. The highest BCUT2D eigenvalue weighted by Crippen LogP contribution is 2.38. The fraction of sp³-hybridized carbons (Fsp3) is 0.455. The molecule has 1 aromatic heterocycles. The Balaban J connectivity index is 1.92. The second-order valence-electron chi connectivity index (χ2n) is 7.40. The van der Waals surface area contributed by atoms with Crippen LogP contribution in [0.15, 0.2) is 16.6 Å². The van der Waals surface area contributed by atoms with Gasteiger partial charge in [0, 0.05) is 55.7 Å². The minimum atomic E-state index is -0.0411. The first-order valence-corrected chi connectivity index (χ1v) is 9.55. The average molecular weight is 384 g/mol. The third-order valence-corrected chi connectivity index (χ3v) is 5.65. The van der Waals surface area contributed by atoms with Crippen LogP contribution in [0.5, 0.6) is 5.75 Å². The predicted molar refractivity (Wildman–Crippen MR) is 109 cm³/mol. The average Bonchev–Trinajstić information content (AvgIpc) is 2.96. The number of rotatable bonds is 3. The van der Waals surface area contributed by atoms with E-state index in [0.717, 1.165) is 44.7 Å². The molecule has 3 rings (SSSR count). The number of allylic oxidation sites excluding steroid dienone is 1. The normalized spacial score (nSPS) is 15.3. The second kappa shape index (κ2) is 7.70. The van der Waals surface area contributed by atoms with Crippen molar-refractivity contribution in [3.05, 3.63) is 34.6 Å². The molecule has 1 saturated heterocycles. The number of hydrogen-bond acceptors (Lipinski definition) is 4. The molecule has 1 aliphatic rings. The molecule has 0 spiro atoms. The van der Waals surface area contributed by atoms with E-state index >= 15 is 0 Å². The van der Waals surface area contributed by atoms with Crippen molar-refractivity contribution in [2.75, 3.05) is 33.3 Å². The van der Waals surface area contributed by atoms with Gasteiger partial charge in [0.2, 0.25) is 11.8 Å². The standard InChI is InChI=1S/C22H28N2O4/c1-13(11-20(26)24-9-7-23(8-10-24)17(5)25)18-12-19-14(2)16(4)28-22(19)15(3)21(18)27-6/h11-12H,7-10H2,1-6H3/b13-11+. The van der Waals surface area contributed by atoms with Gasteiger partial charge in [0.05, 0.1) is 7.11 Å². The molecule has 0 radical (unpaired) electrons. The molecule has 150 valence electrons. The van der Waals surface area contributed by atoms with Crippen LogP contribution in [-0.4, -0.2) is 54.9 Å². The molecular formula is C22H28N2O4. The summed E-state index contributed by atoms with van der Waals surface area (Å²) in [6.07, 6.45) is 1.66. The minimum Gasteiger partial charge on any atom is -0.496 e. The van der Waals surface area contributed by atoms with E-state index in [2.05, 4.69) is 0 Å². The molecule has 0 N–H and O–H groups in total. The molecular weight excluding hydrogens is 356 g/mol. The minimum absolute atomic E-state index is 0.0411. The fourth-order valence-corrected chi connectivity index (χ4v) is 3.76. The number of fused-ring (bicyclic) bond motifs is 1. The predicted octanol–water partition coefficient (Wildman–Crippen LogP) is 3.46. The van der Waals surface area contributed by atoms with E-state index in [9.17, 15) is 9.59 Å². The topological polar surface area (TPSA) is 63.0 Å². The molecule has 0 atom stereocenters. The van der Waals surface area contributed by atoms with Gasteiger partial charge in [-0.1, -0.05) is 0 Å². The van der Waals surface area contributed by atoms with Crippen molar-refractivity contribution in [2.24, 2.45) is 0 Å². The molecule has 0 unspecified atom stereocenters. The van der Waals surface area contributed by atoms with Crippen LogP contribution in [0.3, 0.4) is 0 Å². The van der Waals surface area contributed by atoms with Crippen molar-refractivity contribution in [1.29, 1.82) is 0 Å². The van der Waals surface area contributed by atoms with E-state index in [1.54, 1.807) is 29.9 Å². The van der Waals surface area contributed by atoms with Gasteiger partial charge in [-0.3, -0.25) is 9.59 Å². The highest BCUT2D eigenvalue weighted by Gasteiger charge is 2.22. The van der Waals surface area contributed by atoms with Crippen molar-refractivity contribution in [3.8, 4) is 5.75 Å². The number of hydrogen-bond donors (Lipinski definition) is 0. The van der Waals surface area contributed by atoms with Crippen molar-refractivity contribution >= 4 is 28.4 Å². The number of nitrogens with zero attached hydrogens (tertiary/aromatic N) is 2. The van der Waals surface area contributed by atoms with E-state index in [4.69, 9.17) is 9.15 Å². The maximum Gasteiger partial charge on any atom is 0.246 e. The summed E-state index contributed by atoms with van der Waals surface area (Å²) >= 11 is 0. The fourth-order valence-electron chi connectivity index (χ4n) is 3.76. The van der Waals surface area contributed by atoms with Gasteiger partial charge >= 0.3 is 0 Å². The lowest BCUT2D eigenvalue weighted by atomic mass is 9.98. The zero-order chi connectivity index (χ0) is 20.6. The third-order valence-electron chi connectivity index (χ3n) is 5.65. The Morgan fingerprint density at radius 1 is 1.04 bits per heavy atom. The van der Waals surface area contributed by atoms with Gasteiger partial charge in [0.15, 0.2) is 0 Å². The van der Waals surface area contributed by atoms with Crippen LogP contribution in [0.4, 0.5) is 0 Å². The van der Waals surface area contributed by atoms with Gasteiger partial charge in [-0.05, 0) is 44.9 Å². The molecule has 1 fully saturated rings. The van der Waals surface area contributed by atoms with Crippen LogP contribution in [-0.2, 0) is 9.59 Å². The lowest BCUT2D eigenvalue weighted by Crippen LogP contribution is -2.49. The van der Waals surface area contributed by atoms with Gasteiger partial charge in [0.1, 0.15) is 17.1 Å². The monoisotopic (exact) mass is 384 g/mol. The Morgan fingerprint density at radius 2 is 1.64 bits per heavy atom. The highest BCUT2D eigenvalue weighted by atomic mass is 16.5. The molecule has 0 saturated carbocycles. The van der Waals surface area contributed by atoms with Crippen LogP contribution in [0.25, 0.3) is 16.5 Å². The number of carbonyl (C=O) groups is 2. The second-order valence-corrected chi connectivity index (χ2v) is 7.40. The first kappa shape index (κ1) is 20.0. The Hall–Kier alpha value is -2.76. The molecule has 2 amide bonds. The highest BCUT2D eigenvalue weighted by molar-refractivity contribution is 5.98. The third kappa shape index (κ3) is 3.51. The van der Waals surface area contributed by atoms with Crippen LogP contribution >= 0.6 is 0 Å². The maximum atomic E-state index is 12.8. The summed E-state index contributed by atoms with van der Waals surface area (Å²) in [6.45, 7) is 11.7. The van der Waals surface area contributed by atoms with Crippen LogP contribution < -0.4 is 4.74 Å². The summed E-state index contributed by atoms with van der Waals surface area (Å²) in [7, 11) is 1.64. The molecule has 0 bridgehead atoms. The van der Waals surface area contributed by atoms with Crippen LogP contribution in [0, 0.1) is 20.8 Å². The Morgan fingerprint density at radius 3 is 2.21 bits per heavy atom. The summed E-state index contributed by atoms with van der Waals surface area (Å²) in [6, 6.07) is 2.04. The van der Waals surface area contributed by atoms with Gasteiger partial charge < -0.3 is 19.0 Å². The molecule has 2 heterocycles. The van der Waals surface area contributed by atoms with Gasteiger partial charge in [0.25, 0.3) is 0 Å². The number of carbonyl (C=O) groups excluding carboxylic acids is 2. The lowest BCUT2D eigenvalue weighted by molar-refractivity contribution is -0.135. The number of aryl methyl sites for hydroxylation is 3. The lowest BCUT2D eigenvalue weighted by Gasteiger charge is -2.33. The number of ether oxygens (including phenoxy) is 1. The largest absolute Gasteiger partial charge is 0.496 e. The molecule has 6 nitrogen and oxygen atoms in total. The SMILES string of the molecule is COc1c(/C(C)=C/C(=O)N2CCN(C(C)=O)CC2)cc2c(C)c(C)oc2c1C. The summed E-state index contributed by atoms with van der Waals surface area (Å²) < 4.78 is 11.6. The van der Waals surface area contributed by atoms with Gasteiger partial charge in [-0.15, -0.1) is 0 Å². The maximum absolute atomic E-state index is 12.8. The zero-order valence-corrected chi connectivity index (χ0v) is 17.5. The molecule has 1 aliphatic heterocycles. The smallest absolute Gasteiger partial charge is 0.246 e. The van der Waals surface area contributed by atoms with E-state index in [1.807, 2.05) is 33.8 Å². The van der Waals surface area contributed by atoms with Crippen molar-refractivity contribution in [2.45, 2.75) is 34.6 Å². The van der Waals surface area contributed by atoms with Gasteiger partial charge in [-0.25, -0.2) is 0 Å². The number of piperazine rings is 1. The molecule has 1 aromatic carbocycles. The number of methoxy groups -OCH3 is 1. The van der Waals surface area contributed by atoms with E-state index in [-0.39, 0.29) is 11.8 Å². The zero-order valence-electron chi connectivity index (χ0n) is 17.5. The van der Waals surface area contributed by atoms with E-state index < -0.39 is 0 Å². The number of amides is 2. The molecule has 2 aromatic rings. The first-order valence-electron chi connectivity index (χ1n) is 9.55. The van der Waals surface area contributed by atoms with Crippen molar-refractivity contribution < 1.29 is 18.7 Å². The molecule has 6 heteroatoms. The van der Waals surface area contributed by atoms with Crippen LogP contribution in [0.1, 0.15) is 36.3 Å². The number of benzene rings is 1. The molecule has 28 heavy (non-hydrogen) atoms. The first-order chi connectivity index (χ1) is 13.2. The quantitative estimate of drug-likeness (QED) is 0.761. The Labute approximate surface area is 165 Å². The summed E-state index contributed by atoms with van der Waals surface area (Å²) in [4.78, 5) is 27.8. The number of furan rings is 1. The molecule has 0 aliphatic carbocycles.